The van der Waals surface area contributed by atoms with Gasteiger partial charge in [-0.2, -0.15) is 5.26 Å². The first kappa shape index (κ1) is 32.0. The van der Waals surface area contributed by atoms with E-state index in [0.717, 1.165) is 55.8 Å². The number of para-hydroxylation sites is 2. The van der Waals surface area contributed by atoms with Gasteiger partial charge in [0.25, 0.3) is 0 Å². The highest BCUT2D eigenvalue weighted by molar-refractivity contribution is 5.80. The summed E-state index contributed by atoms with van der Waals surface area (Å²) in [5, 5.41) is 9.42. The average molecular weight is 627 g/mol. The number of rotatable bonds is 9. The average Bonchev–Trinajstić information content (AvgIpc) is 3.44. The number of carbonyl (C=O) groups is 1. The van der Waals surface area contributed by atoms with Crippen LogP contribution in [0.3, 0.4) is 0 Å². The number of pyridine rings is 1. The van der Waals surface area contributed by atoms with E-state index in [2.05, 4.69) is 63.0 Å². The van der Waals surface area contributed by atoms with Crippen molar-refractivity contribution in [2.45, 2.75) is 64.8 Å². The molecule has 0 atom stereocenters. The molecule has 6 rings (SSSR count). The third-order valence-electron chi connectivity index (χ3n) is 8.65. The van der Waals surface area contributed by atoms with Gasteiger partial charge in [0.05, 0.1) is 22.7 Å². The molecule has 0 unspecified atom stereocenters. The van der Waals surface area contributed by atoms with E-state index < -0.39 is 5.60 Å². The van der Waals surface area contributed by atoms with Crippen molar-refractivity contribution in [3.8, 4) is 17.6 Å². The predicted molar refractivity (Wildman–Crippen MR) is 185 cm³/mol. The number of benzene rings is 3. The maximum absolute atomic E-state index is 13.3. The molecule has 0 saturated carbocycles. The van der Waals surface area contributed by atoms with Crippen molar-refractivity contribution in [2.75, 3.05) is 19.6 Å². The number of amides is 1. The van der Waals surface area contributed by atoms with Crippen molar-refractivity contribution in [3.63, 3.8) is 0 Å². The minimum absolute atomic E-state index is 0.162. The van der Waals surface area contributed by atoms with Crippen molar-refractivity contribution < 1.29 is 9.53 Å². The Morgan fingerprint density at radius 3 is 2.30 bits per heavy atom. The van der Waals surface area contributed by atoms with Crippen LogP contribution in [-0.4, -0.2) is 61.7 Å². The van der Waals surface area contributed by atoms with Gasteiger partial charge in [-0.25, -0.2) is 9.78 Å². The van der Waals surface area contributed by atoms with Gasteiger partial charge in [0.1, 0.15) is 11.3 Å². The normalized spacial score (nSPS) is 14.2. The molecular weight excluding hydrogens is 584 g/mol. The van der Waals surface area contributed by atoms with Gasteiger partial charge in [-0.05, 0) is 81.0 Å². The maximum Gasteiger partial charge on any atom is 0.410 e. The molecule has 0 N–H and O–H groups in total. The smallest absolute Gasteiger partial charge is 0.410 e. The second-order valence-electron chi connectivity index (χ2n) is 13.3. The molecule has 1 fully saturated rings. The Morgan fingerprint density at radius 1 is 0.915 bits per heavy atom. The number of piperidine rings is 1. The van der Waals surface area contributed by atoms with Crippen molar-refractivity contribution in [3.05, 3.63) is 119 Å². The first-order chi connectivity index (χ1) is 22.8. The first-order valence-electron chi connectivity index (χ1n) is 16.4. The van der Waals surface area contributed by atoms with E-state index in [4.69, 9.17) is 9.72 Å². The number of nitrogens with zero attached hydrogens (tertiary/aromatic N) is 6. The van der Waals surface area contributed by atoms with E-state index in [0.29, 0.717) is 24.3 Å². The fourth-order valence-corrected chi connectivity index (χ4v) is 6.27. The predicted octanol–water partition coefficient (Wildman–Crippen LogP) is 7.46. The maximum atomic E-state index is 13.3. The number of carbonyl (C=O) groups excluding carboxylic acids is 1. The summed E-state index contributed by atoms with van der Waals surface area (Å²) < 4.78 is 8.00. The SMILES string of the molecule is CC(C)(C)OC(=O)N(CCc1ccccc1)C1CCN(Cc2ccc(Cn3c(-c4cc(C#N)ccn4)nc4ccccc43)cc2)CC1. The Hall–Kier alpha value is -5.00. The van der Waals surface area contributed by atoms with Gasteiger partial charge in [-0.1, -0.05) is 66.7 Å². The third-order valence-corrected chi connectivity index (χ3v) is 8.65. The van der Waals surface area contributed by atoms with E-state index in [1.54, 1.807) is 18.3 Å². The highest BCUT2D eigenvalue weighted by atomic mass is 16.6. The number of fused-ring (bicyclic) bond motifs is 1. The van der Waals surface area contributed by atoms with Crippen LogP contribution in [0.15, 0.2) is 97.2 Å². The third kappa shape index (κ3) is 8.05. The minimum Gasteiger partial charge on any atom is -0.444 e. The molecule has 8 nitrogen and oxygen atoms in total. The van der Waals surface area contributed by atoms with E-state index in [9.17, 15) is 10.1 Å². The van der Waals surface area contributed by atoms with E-state index >= 15 is 0 Å². The van der Waals surface area contributed by atoms with Crippen LogP contribution >= 0.6 is 0 Å². The number of imidazole rings is 1. The standard InChI is InChI=1S/C39H42N6O2/c1-39(2,3)47-38(46)44(24-18-29-9-5-4-6-10-29)33-19-22-43(23-20-33)27-30-13-15-31(16-14-30)28-45-36-12-8-7-11-34(36)42-37(45)35-25-32(26-40)17-21-41-35/h4-17,21,25,33H,18-20,22-24,27-28H2,1-3H3. The lowest BCUT2D eigenvalue weighted by Crippen LogP contribution is -2.49. The summed E-state index contributed by atoms with van der Waals surface area (Å²) in [5.74, 6) is 0.749. The van der Waals surface area contributed by atoms with Gasteiger partial charge in [0.2, 0.25) is 0 Å². The van der Waals surface area contributed by atoms with Crippen LogP contribution in [-0.2, 0) is 24.2 Å². The van der Waals surface area contributed by atoms with Crippen molar-refractivity contribution in [1.82, 2.24) is 24.3 Å². The molecule has 0 aliphatic carbocycles. The molecule has 3 aromatic carbocycles. The number of likely N-dealkylation sites (tertiary alicyclic amines) is 1. The molecular formula is C39H42N6O2. The highest BCUT2D eigenvalue weighted by Crippen LogP contribution is 2.26. The number of hydrogen-bond donors (Lipinski definition) is 0. The molecule has 1 aliphatic rings. The van der Waals surface area contributed by atoms with Crippen LogP contribution in [0.4, 0.5) is 4.79 Å². The van der Waals surface area contributed by atoms with Crippen LogP contribution in [0.25, 0.3) is 22.6 Å². The zero-order valence-corrected chi connectivity index (χ0v) is 27.5. The molecule has 1 amide bonds. The van der Waals surface area contributed by atoms with E-state index in [1.807, 2.05) is 62.1 Å². The van der Waals surface area contributed by atoms with Crippen LogP contribution in [0, 0.1) is 11.3 Å². The van der Waals surface area contributed by atoms with Gasteiger partial charge >= 0.3 is 6.09 Å². The molecule has 2 aromatic heterocycles. The van der Waals surface area contributed by atoms with Gasteiger partial charge < -0.3 is 14.2 Å². The summed E-state index contributed by atoms with van der Waals surface area (Å²) in [4.78, 5) is 27.1. The Balaban J connectivity index is 1.10. The van der Waals surface area contributed by atoms with E-state index in [1.165, 1.54) is 16.7 Å². The second kappa shape index (κ2) is 14.2. The van der Waals surface area contributed by atoms with Gasteiger partial charge in [-0.15, -0.1) is 0 Å². The summed E-state index contributed by atoms with van der Waals surface area (Å²) in [7, 11) is 0. The quantitative estimate of drug-likeness (QED) is 0.169. The molecule has 1 saturated heterocycles. The zero-order chi connectivity index (χ0) is 32.8. The molecule has 8 heteroatoms. The lowest BCUT2D eigenvalue weighted by atomic mass is 10.0. The first-order valence-corrected chi connectivity index (χ1v) is 16.4. The molecule has 47 heavy (non-hydrogen) atoms. The molecule has 1 aliphatic heterocycles. The lowest BCUT2D eigenvalue weighted by Gasteiger charge is -2.39. The van der Waals surface area contributed by atoms with Crippen molar-refractivity contribution in [1.29, 1.82) is 5.26 Å². The van der Waals surface area contributed by atoms with Crippen molar-refractivity contribution >= 4 is 17.1 Å². The Kier molecular flexibility index (Phi) is 9.65. The highest BCUT2D eigenvalue weighted by Gasteiger charge is 2.31. The molecule has 3 heterocycles. The Morgan fingerprint density at radius 2 is 1.60 bits per heavy atom. The number of aromatic nitrogens is 3. The molecule has 240 valence electrons. The van der Waals surface area contributed by atoms with Crippen LogP contribution < -0.4 is 0 Å². The molecule has 0 bridgehead atoms. The fourth-order valence-electron chi connectivity index (χ4n) is 6.27. The lowest BCUT2D eigenvalue weighted by molar-refractivity contribution is 0.00807. The van der Waals surface area contributed by atoms with Crippen molar-refractivity contribution in [2.24, 2.45) is 0 Å². The van der Waals surface area contributed by atoms with E-state index in [-0.39, 0.29) is 12.1 Å². The minimum atomic E-state index is -0.527. The molecule has 0 spiro atoms. The van der Waals surface area contributed by atoms with Gasteiger partial charge in [-0.3, -0.25) is 9.88 Å². The van der Waals surface area contributed by atoms with Crippen LogP contribution in [0.2, 0.25) is 0 Å². The topological polar surface area (TPSA) is 87.3 Å². The number of nitriles is 1. The van der Waals surface area contributed by atoms with Crippen LogP contribution in [0.5, 0.6) is 0 Å². The summed E-state index contributed by atoms with van der Waals surface area (Å²) in [6.45, 7) is 9.80. The second-order valence-corrected chi connectivity index (χ2v) is 13.3. The Bertz CT molecular complexity index is 1850. The number of hydrogen-bond acceptors (Lipinski definition) is 6. The fraction of sp³-hybridized carbons (Fsp3) is 0.333. The summed E-state index contributed by atoms with van der Waals surface area (Å²) in [6, 6.07) is 33.1. The Labute approximate surface area is 277 Å². The number of ether oxygens (including phenoxy) is 1. The summed E-state index contributed by atoms with van der Waals surface area (Å²) in [6.07, 6.45) is 4.10. The zero-order valence-electron chi connectivity index (χ0n) is 27.5. The van der Waals surface area contributed by atoms with Gasteiger partial charge in [0.15, 0.2) is 5.82 Å². The largest absolute Gasteiger partial charge is 0.444 e. The summed E-state index contributed by atoms with van der Waals surface area (Å²) >= 11 is 0. The molecule has 0 radical (unpaired) electrons. The van der Waals surface area contributed by atoms with Crippen LogP contribution in [0.1, 0.15) is 55.9 Å². The molecule has 5 aromatic rings. The monoisotopic (exact) mass is 626 g/mol. The summed E-state index contributed by atoms with van der Waals surface area (Å²) in [5.41, 5.74) is 6.31. The van der Waals surface area contributed by atoms with Gasteiger partial charge in [0, 0.05) is 45.0 Å².